The molecule has 1 saturated carbocycles. The van der Waals surface area contributed by atoms with Gasteiger partial charge < -0.3 is 15.0 Å². The molecule has 0 amide bonds. The first kappa shape index (κ1) is 13.2. The predicted molar refractivity (Wildman–Crippen MR) is 78.9 cm³/mol. The highest BCUT2D eigenvalue weighted by atomic mass is 35.5. The lowest BCUT2D eigenvalue weighted by molar-refractivity contribution is 0.0531. The summed E-state index contributed by atoms with van der Waals surface area (Å²) in [5, 5.41) is 4.39. The Morgan fingerprint density at radius 2 is 2.26 bits per heavy atom. The second kappa shape index (κ2) is 5.70. The van der Waals surface area contributed by atoms with E-state index in [0.29, 0.717) is 0 Å². The van der Waals surface area contributed by atoms with E-state index < -0.39 is 0 Å². The Kier molecular flexibility index (Phi) is 3.96. The smallest absolute Gasteiger partial charge is 0.0722 e. The van der Waals surface area contributed by atoms with Crippen molar-refractivity contribution in [1.82, 2.24) is 5.32 Å². The van der Waals surface area contributed by atoms with Crippen molar-refractivity contribution in [3.8, 4) is 0 Å². The van der Waals surface area contributed by atoms with Gasteiger partial charge >= 0.3 is 0 Å². The highest BCUT2D eigenvalue weighted by Crippen LogP contribution is 2.28. The van der Waals surface area contributed by atoms with Gasteiger partial charge in [-0.1, -0.05) is 17.7 Å². The molecule has 1 aliphatic carbocycles. The van der Waals surface area contributed by atoms with Crippen LogP contribution in [0.25, 0.3) is 0 Å². The summed E-state index contributed by atoms with van der Waals surface area (Å²) in [6.07, 6.45) is 2.92. The van der Waals surface area contributed by atoms with Crippen LogP contribution in [0.1, 0.15) is 25.3 Å². The normalized spacial score (nSPS) is 23.7. The Morgan fingerprint density at radius 3 is 3.00 bits per heavy atom. The zero-order chi connectivity index (χ0) is 13.2. The molecule has 0 bridgehead atoms. The van der Waals surface area contributed by atoms with Crippen molar-refractivity contribution in [3.05, 3.63) is 28.8 Å². The van der Waals surface area contributed by atoms with E-state index in [0.717, 1.165) is 37.3 Å². The minimum absolute atomic E-state index is 0.289. The third-order valence-corrected chi connectivity index (χ3v) is 4.02. The molecule has 2 fully saturated rings. The molecule has 1 aromatic rings. The third kappa shape index (κ3) is 3.41. The summed E-state index contributed by atoms with van der Waals surface area (Å²) in [5.41, 5.74) is 2.60. The van der Waals surface area contributed by atoms with E-state index in [1.54, 1.807) is 0 Å². The Morgan fingerprint density at radius 1 is 1.42 bits per heavy atom. The van der Waals surface area contributed by atoms with Crippen LogP contribution in [0.5, 0.6) is 0 Å². The standard InChI is InChI=1S/C15H21ClN2O/c1-11-10-18(6-7-19-11)15-8-13(16)3-2-12(15)9-17-14-4-5-14/h2-3,8,11,14,17H,4-7,9-10H2,1H3. The van der Waals surface area contributed by atoms with Crippen molar-refractivity contribution < 1.29 is 4.74 Å². The Bertz CT molecular complexity index is 448. The molecule has 104 valence electrons. The van der Waals surface area contributed by atoms with Crippen LogP contribution in [-0.2, 0) is 11.3 Å². The summed E-state index contributed by atoms with van der Waals surface area (Å²) in [7, 11) is 0. The maximum Gasteiger partial charge on any atom is 0.0722 e. The van der Waals surface area contributed by atoms with Gasteiger partial charge in [-0.25, -0.2) is 0 Å². The first-order chi connectivity index (χ1) is 9.22. The molecule has 1 atom stereocenters. The van der Waals surface area contributed by atoms with Gasteiger partial charge in [0, 0.05) is 36.4 Å². The number of halogens is 1. The summed E-state index contributed by atoms with van der Waals surface area (Å²) >= 11 is 6.17. The Balaban J connectivity index is 1.77. The maximum absolute atomic E-state index is 6.17. The van der Waals surface area contributed by atoms with Crippen LogP contribution in [-0.4, -0.2) is 31.8 Å². The largest absolute Gasteiger partial charge is 0.375 e. The minimum Gasteiger partial charge on any atom is -0.375 e. The molecule has 1 saturated heterocycles. The molecule has 2 aliphatic rings. The lowest BCUT2D eigenvalue weighted by atomic mass is 10.1. The van der Waals surface area contributed by atoms with E-state index >= 15 is 0 Å². The Hall–Kier alpha value is -0.770. The topological polar surface area (TPSA) is 24.5 Å². The molecule has 3 nitrogen and oxygen atoms in total. The SMILES string of the molecule is CC1CN(c2cc(Cl)ccc2CNC2CC2)CCO1. The number of nitrogens with one attached hydrogen (secondary N) is 1. The van der Waals surface area contributed by atoms with Gasteiger partial charge in [0.1, 0.15) is 0 Å². The molecule has 1 heterocycles. The molecular formula is C15H21ClN2O. The van der Waals surface area contributed by atoms with Gasteiger partial charge in [0.2, 0.25) is 0 Å². The van der Waals surface area contributed by atoms with E-state index in [4.69, 9.17) is 16.3 Å². The molecule has 3 rings (SSSR count). The first-order valence-electron chi connectivity index (χ1n) is 7.11. The molecule has 0 aromatic heterocycles. The quantitative estimate of drug-likeness (QED) is 0.918. The zero-order valence-corrected chi connectivity index (χ0v) is 12.1. The second-order valence-corrected chi connectivity index (χ2v) is 5.99. The average molecular weight is 281 g/mol. The van der Waals surface area contributed by atoms with E-state index in [-0.39, 0.29) is 6.10 Å². The number of hydrogen-bond acceptors (Lipinski definition) is 3. The predicted octanol–water partition coefficient (Wildman–Crippen LogP) is 2.82. The lowest BCUT2D eigenvalue weighted by Gasteiger charge is -2.34. The number of ether oxygens (including phenoxy) is 1. The van der Waals surface area contributed by atoms with E-state index in [9.17, 15) is 0 Å². The van der Waals surface area contributed by atoms with Gasteiger partial charge in [-0.3, -0.25) is 0 Å². The van der Waals surface area contributed by atoms with Crippen LogP contribution in [0.15, 0.2) is 18.2 Å². The first-order valence-corrected chi connectivity index (χ1v) is 7.48. The summed E-state index contributed by atoms with van der Waals surface area (Å²) < 4.78 is 5.62. The van der Waals surface area contributed by atoms with Gasteiger partial charge in [0.15, 0.2) is 0 Å². The molecule has 1 aromatic carbocycles. The van der Waals surface area contributed by atoms with Crippen LogP contribution < -0.4 is 10.2 Å². The number of nitrogens with zero attached hydrogens (tertiary/aromatic N) is 1. The number of rotatable bonds is 4. The summed E-state index contributed by atoms with van der Waals surface area (Å²) in [4.78, 5) is 2.39. The fraction of sp³-hybridized carbons (Fsp3) is 0.600. The van der Waals surface area contributed by atoms with Gasteiger partial charge in [-0.05, 0) is 37.5 Å². The van der Waals surface area contributed by atoms with Gasteiger partial charge in [0.25, 0.3) is 0 Å². The molecule has 1 aliphatic heterocycles. The zero-order valence-electron chi connectivity index (χ0n) is 11.4. The van der Waals surface area contributed by atoms with E-state index in [2.05, 4.69) is 29.3 Å². The Labute approximate surface area is 119 Å². The van der Waals surface area contributed by atoms with Crippen LogP contribution in [0.2, 0.25) is 5.02 Å². The highest BCUT2D eigenvalue weighted by Gasteiger charge is 2.22. The van der Waals surface area contributed by atoms with Crippen LogP contribution in [0, 0.1) is 0 Å². The number of anilines is 1. The lowest BCUT2D eigenvalue weighted by Crippen LogP contribution is -2.41. The molecule has 0 spiro atoms. The molecule has 0 radical (unpaired) electrons. The average Bonchev–Trinajstić information content (AvgIpc) is 3.21. The number of morpholine rings is 1. The van der Waals surface area contributed by atoms with E-state index in [1.165, 1.54) is 24.1 Å². The van der Waals surface area contributed by atoms with Crippen molar-refractivity contribution in [3.63, 3.8) is 0 Å². The molecule has 19 heavy (non-hydrogen) atoms. The van der Waals surface area contributed by atoms with Crippen molar-refractivity contribution >= 4 is 17.3 Å². The van der Waals surface area contributed by atoms with Crippen molar-refractivity contribution in [2.45, 2.75) is 38.5 Å². The van der Waals surface area contributed by atoms with E-state index in [1.807, 2.05) is 6.07 Å². The van der Waals surface area contributed by atoms with Crippen molar-refractivity contribution in [1.29, 1.82) is 0 Å². The number of benzene rings is 1. The van der Waals surface area contributed by atoms with Gasteiger partial charge in [-0.2, -0.15) is 0 Å². The monoisotopic (exact) mass is 280 g/mol. The van der Waals surface area contributed by atoms with Crippen LogP contribution in [0.3, 0.4) is 0 Å². The van der Waals surface area contributed by atoms with Crippen LogP contribution in [0.4, 0.5) is 5.69 Å². The fourth-order valence-corrected chi connectivity index (χ4v) is 2.73. The van der Waals surface area contributed by atoms with Crippen molar-refractivity contribution in [2.75, 3.05) is 24.6 Å². The summed E-state index contributed by atoms with van der Waals surface area (Å²) in [5.74, 6) is 0. The minimum atomic E-state index is 0.289. The second-order valence-electron chi connectivity index (χ2n) is 5.56. The maximum atomic E-state index is 6.17. The summed E-state index contributed by atoms with van der Waals surface area (Å²) in [6.45, 7) is 5.74. The van der Waals surface area contributed by atoms with Gasteiger partial charge in [-0.15, -0.1) is 0 Å². The molecule has 1 N–H and O–H groups in total. The fourth-order valence-electron chi connectivity index (χ4n) is 2.56. The van der Waals surface area contributed by atoms with Gasteiger partial charge in [0.05, 0.1) is 12.7 Å². The summed E-state index contributed by atoms with van der Waals surface area (Å²) in [6, 6.07) is 6.95. The van der Waals surface area contributed by atoms with Crippen molar-refractivity contribution in [2.24, 2.45) is 0 Å². The third-order valence-electron chi connectivity index (χ3n) is 3.79. The highest BCUT2D eigenvalue weighted by molar-refractivity contribution is 6.30. The molecule has 1 unspecified atom stereocenters. The molecule has 4 heteroatoms. The van der Waals surface area contributed by atoms with Crippen LogP contribution >= 0.6 is 11.6 Å². The molecular weight excluding hydrogens is 260 g/mol. The number of hydrogen-bond donors (Lipinski definition) is 1.